The summed E-state index contributed by atoms with van der Waals surface area (Å²) in [6.45, 7) is 6.63. The molecule has 0 aromatic rings. The molecule has 5 heteroatoms. The molecular formula is C12H24N2O3. The molecule has 0 saturated carbocycles. The van der Waals surface area contributed by atoms with Crippen molar-refractivity contribution in [3.63, 3.8) is 0 Å². The van der Waals surface area contributed by atoms with Crippen LogP contribution in [0.3, 0.4) is 0 Å². The third kappa shape index (κ3) is 3.94. The fraction of sp³-hybridized carbons (Fsp3) is 0.917. The van der Waals surface area contributed by atoms with Crippen molar-refractivity contribution in [2.75, 3.05) is 33.2 Å². The molecule has 0 aromatic heterocycles. The Hall–Kier alpha value is -0.650. The van der Waals surface area contributed by atoms with E-state index in [1.807, 2.05) is 11.9 Å². The molecule has 17 heavy (non-hydrogen) atoms. The lowest BCUT2D eigenvalue weighted by Crippen LogP contribution is -2.48. The third-order valence-electron chi connectivity index (χ3n) is 3.47. The molecule has 1 aliphatic heterocycles. The highest BCUT2D eigenvalue weighted by atomic mass is 16.4. The van der Waals surface area contributed by atoms with Crippen LogP contribution in [-0.2, 0) is 4.79 Å². The average molecular weight is 244 g/mol. The van der Waals surface area contributed by atoms with Gasteiger partial charge in [-0.2, -0.15) is 0 Å². The number of hydrogen-bond donors (Lipinski definition) is 2. The van der Waals surface area contributed by atoms with Gasteiger partial charge in [-0.15, -0.1) is 0 Å². The predicted molar refractivity (Wildman–Crippen MR) is 66.0 cm³/mol. The van der Waals surface area contributed by atoms with Crippen molar-refractivity contribution >= 4 is 5.97 Å². The first kappa shape index (κ1) is 14.4. The number of aliphatic carboxylic acids is 1. The number of nitrogens with zero attached hydrogens (tertiary/aromatic N) is 2. The highest BCUT2D eigenvalue weighted by molar-refractivity contribution is 5.76. The van der Waals surface area contributed by atoms with E-state index in [0.717, 1.165) is 26.1 Å². The lowest BCUT2D eigenvalue weighted by atomic mass is 10.1. The van der Waals surface area contributed by atoms with Crippen LogP contribution in [0.2, 0.25) is 0 Å². The Morgan fingerprint density at radius 2 is 2.24 bits per heavy atom. The largest absolute Gasteiger partial charge is 0.479 e. The van der Waals surface area contributed by atoms with Gasteiger partial charge in [0.1, 0.15) is 0 Å². The Labute approximate surface area is 103 Å². The maximum absolute atomic E-state index is 10.8. The van der Waals surface area contributed by atoms with Gasteiger partial charge in [-0.1, -0.05) is 6.92 Å². The molecule has 0 amide bonds. The summed E-state index contributed by atoms with van der Waals surface area (Å²) < 4.78 is 0. The van der Waals surface area contributed by atoms with Gasteiger partial charge in [0, 0.05) is 19.1 Å². The second-order valence-electron chi connectivity index (χ2n) is 5.20. The topological polar surface area (TPSA) is 64.0 Å². The molecule has 2 unspecified atom stereocenters. The van der Waals surface area contributed by atoms with Crippen molar-refractivity contribution in [1.82, 2.24) is 9.80 Å². The first-order valence-corrected chi connectivity index (χ1v) is 6.25. The lowest BCUT2D eigenvalue weighted by molar-refractivity contribution is -0.158. The van der Waals surface area contributed by atoms with E-state index in [1.165, 1.54) is 13.3 Å². The first-order chi connectivity index (χ1) is 7.86. The number of carboxylic acid groups (broad SMARTS) is 1. The van der Waals surface area contributed by atoms with E-state index >= 15 is 0 Å². The number of rotatable bonds is 6. The second kappa shape index (κ2) is 5.80. The highest BCUT2D eigenvalue weighted by Gasteiger charge is 2.33. The van der Waals surface area contributed by atoms with Crippen molar-refractivity contribution in [3.05, 3.63) is 0 Å². The van der Waals surface area contributed by atoms with Gasteiger partial charge >= 0.3 is 5.97 Å². The van der Waals surface area contributed by atoms with Crippen LogP contribution in [0.5, 0.6) is 0 Å². The van der Waals surface area contributed by atoms with E-state index in [4.69, 9.17) is 5.11 Å². The van der Waals surface area contributed by atoms with Gasteiger partial charge < -0.3 is 15.1 Å². The number of carboxylic acids is 1. The molecule has 2 atom stereocenters. The van der Waals surface area contributed by atoms with Gasteiger partial charge in [0.15, 0.2) is 5.60 Å². The van der Waals surface area contributed by atoms with Crippen molar-refractivity contribution in [2.45, 2.75) is 38.3 Å². The van der Waals surface area contributed by atoms with Crippen LogP contribution in [0.25, 0.3) is 0 Å². The van der Waals surface area contributed by atoms with Gasteiger partial charge in [-0.25, -0.2) is 4.79 Å². The van der Waals surface area contributed by atoms with Crippen molar-refractivity contribution < 1.29 is 15.0 Å². The minimum absolute atomic E-state index is 0.163. The molecule has 1 aliphatic rings. The van der Waals surface area contributed by atoms with Crippen molar-refractivity contribution in [2.24, 2.45) is 0 Å². The summed E-state index contributed by atoms with van der Waals surface area (Å²) in [5.41, 5.74) is -1.66. The molecule has 0 bridgehead atoms. The minimum Gasteiger partial charge on any atom is -0.479 e. The minimum atomic E-state index is -1.66. The third-order valence-corrected chi connectivity index (χ3v) is 3.47. The standard InChI is InChI=1S/C12H24N2O3/c1-4-14-7-5-6-10(14)8-13(3)9-12(2,17)11(15)16/h10,17H,4-9H2,1-3H3,(H,15,16). The van der Waals surface area contributed by atoms with Crippen LogP contribution in [0.4, 0.5) is 0 Å². The van der Waals surface area contributed by atoms with E-state index < -0.39 is 11.6 Å². The smallest absolute Gasteiger partial charge is 0.336 e. The predicted octanol–water partition coefficient (Wildman–Crippen LogP) is 0.238. The highest BCUT2D eigenvalue weighted by Crippen LogP contribution is 2.18. The van der Waals surface area contributed by atoms with Crippen LogP contribution in [0.15, 0.2) is 0 Å². The zero-order chi connectivity index (χ0) is 13.1. The van der Waals surface area contributed by atoms with E-state index in [2.05, 4.69) is 11.8 Å². The quantitative estimate of drug-likeness (QED) is 0.700. The van der Waals surface area contributed by atoms with E-state index in [9.17, 15) is 9.90 Å². The number of hydrogen-bond acceptors (Lipinski definition) is 4. The molecule has 100 valence electrons. The Bertz CT molecular complexity index is 268. The van der Waals surface area contributed by atoms with Crippen LogP contribution < -0.4 is 0 Å². The summed E-state index contributed by atoms with van der Waals surface area (Å²) in [5.74, 6) is -1.16. The summed E-state index contributed by atoms with van der Waals surface area (Å²) in [6.07, 6.45) is 2.37. The normalized spacial score (nSPS) is 25.1. The lowest BCUT2D eigenvalue weighted by Gasteiger charge is -2.30. The van der Waals surface area contributed by atoms with Gasteiger partial charge in [-0.3, -0.25) is 4.90 Å². The molecule has 1 rings (SSSR count). The number of carbonyl (C=O) groups is 1. The first-order valence-electron chi connectivity index (χ1n) is 6.25. The summed E-state index contributed by atoms with van der Waals surface area (Å²) in [5, 5.41) is 18.6. The number of likely N-dealkylation sites (N-methyl/N-ethyl adjacent to an activating group) is 2. The van der Waals surface area contributed by atoms with E-state index in [-0.39, 0.29) is 6.54 Å². The molecule has 0 radical (unpaired) electrons. The van der Waals surface area contributed by atoms with Crippen LogP contribution >= 0.6 is 0 Å². The summed E-state index contributed by atoms with van der Waals surface area (Å²) >= 11 is 0. The fourth-order valence-electron chi connectivity index (χ4n) is 2.54. The SMILES string of the molecule is CCN1CCCC1CN(C)CC(C)(O)C(=O)O. The monoisotopic (exact) mass is 244 g/mol. The van der Waals surface area contributed by atoms with Crippen LogP contribution in [0.1, 0.15) is 26.7 Å². The molecule has 0 aromatic carbocycles. The van der Waals surface area contributed by atoms with Gasteiger partial charge in [0.25, 0.3) is 0 Å². The van der Waals surface area contributed by atoms with Gasteiger partial charge in [-0.05, 0) is 39.9 Å². The second-order valence-corrected chi connectivity index (χ2v) is 5.20. The van der Waals surface area contributed by atoms with E-state index in [1.54, 1.807) is 0 Å². The van der Waals surface area contributed by atoms with Gasteiger partial charge in [0.2, 0.25) is 0 Å². The molecule has 2 N–H and O–H groups in total. The molecule has 1 saturated heterocycles. The summed E-state index contributed by atoms with van der Waals surface area (Å²) in [6, 6.07) is 0.495. The molecule has 0 spiro atoms. The molecule has 1 fully saturated rings. The molecular weight excluding hydrogens is 220 g/mol. The summed E-state index contributed by atoms with van der Waals surface area (Å²) in [4.78, 5) is 15.1. The maximum atomic E-state index is 10.8. The van der Waals surface area contributed by atoms with Crippen molar-refractivity contribution in [1.29, 1.82) is 0 Å². The number of likely N-dealkylation sites (tertiary alicyclic amines) is 1. The van der Waals surface area contributed by atoms with Crippen LogP contribution in [0, 0.1) is 0 Å². The Balaban J connectivity index is 2.44. The average Bonchev–Trinajstić information content (AvgIpc) is 2.63. The maximum Gasteiger partial charge on any atom is 0.336 e. The van der Waals surface area contributed by atoms with Crippen LogP contribution in [-0.4, -0.2) is 70.9 Å². The number of aliphatic hydroxyl groups is 1. The molecule has 5 nitrogen and oxygen atoms in total. The zero-order valence-corrected chi connectivity index (χ0v) is 11.0. The fourth-order valence-corrected chi connectivity index (χ4v) is 2.54. The zero-order valence-electron chi connectivity index (χ0n) is 11.0. The Kier molecular flexibility index (Phi) is 4.91. The Morgan fingerprint density at radius 1 is 1.59 bits per heavy atom. The molecule has 1 heterocycles. The summed E-state index contributed by atoms with van der Waals surface area (Å²) in [7, 11) is 1.86. The van der Waals surface area contributed by atoms with E-state index in [0.29, 0.717) is 6.04 Å². The Morgan fingerprint density at radius 3 is 2.76 bits per heavy atom. The van der Waals surface area contributed by atoms with Crippen molar-refractivity contribution in [3.8, 4) is 0 Å². The van der Waals surface area contributed by atoms with Gasteiger partial charge in [0.05, 0.1) is 0 Å². The molecule has 0 aliphatic carbocycles.